The number of carbonyl (C=O) groups is 1. The first-order valence-corrected chi connectivity index (χ1v) is 6.69. The van der Waals surface area contributed by atoms with Crippen LogP contribution in [0.15, 0.2) is 16.5 Å². The number of esters is 1. The van der Waals surface area contributed by atoms with Gasteiger partial charge in [-0.1, -0.05) is 0 Å². The van der Waals surface area contributed by atoms with Gasteiger partial charge in [-0.2, -0.15) is 0 Å². The number of carbonyl (C=O) groups excluding carboxylic acids is 1. The Morgan fingerprint density at radius 1 is 1.53 bits per heavy atom. The van der Waals surface area contributed by atoms with Gasteiger partial charge >= 0.3 is 5.97 Å². The lowest BCUT2D eigenvalue weighted by Gasteiger charge is -2.04. The average Bonchev–Trinajstić information content (AvgIpc) is 2.83. The van der Waals surface area contributed by atoms with Crippen LogP contribution >= 0.6 is 11.3 Å². The first kappa shape index (κ1) is 13.7. The summed E-state index contributed by atoms with van der Waals surface area (Å²) in [7, 11) is 1.56. The number of rotatable bonds is 5. The molecule has 0 aliphatic carbocycles. The van der Waals surface area contributed by atoms with Gasteiger partial charge in [0.1, 0.15) is 4.83 Å². The fraction of sp³-hybridized carbons (Fsp3) is 0.417. The van der Waals surface area contributed by atoms with Gasteiger partial charge in [-0.15, -0.1) is 11.3 Å². The number of thiophene rings is 1. The molecule has 2 heterocycles. The highest BCUT2D eigenvalue weighted by molar-refractivity contribution is 7.17. The summed E-state index contributed by atoms with van der Waals surface area (Å²) >= 11 is 1.26. The third-order valence-corrected chi connectivity index (χ3v) is 3.48. The van der Waals surface area contributed by atoms with Crippen molar-refractivity contribution in [2.75, 3.05) is 20.3 Å². The summed E-state index contributed by atoms with van der Waals surface area (Å²) in [6, 6.07) is 0. The van der Waals surface area contributed by atoms with E-state index in [1.165, 1.54) is 22.2 Å². The van der Waals surface area contributed by atoms with Crippen molar-refractivity contribution in [1.29, 1.82) is 0 Å². The molecule has 0 aromatic carbocycles. The molecule has 0 bridgehead atoms. The quantitative estimate of drug-likeness (QED) is 0.773. The molecule has 2 aromatic rings. The Hall–Kier alpha value is -1.73. The zero-order valence-corrected chi connectivity index (χ0v) is 11.5. The van der Waals surface area contributed by atoms with Crippen molar-refractivity contribution in [2.45, 2.75) is 13.5 Å². The molecular weight excluding hydrogens is 268 g/mol. The first-order valence-electron chi connectivity index (χ1n) is 5.81. The van der Waals surface area contributed by atoms with Gasteiger partial charge in [-0.25, -0.2) is 9.78 Å². The van der Waals surface area contributed by atoms with Gasteiger partial charge in [0, 0.05) is 12.5 Å². The zero-order chi connectivity index (χ0) is 13.8. The van der Waals surface area contributed by atoms with E-state index in [4.69, 9.17) is 9.47 Å². The van der Waals surface area contributed by atoms with Gasteiger partial charge in [-0.3, -0.25) is 9.36 Å². The molecule has 0 spiro atoms. The number of hydrogen-bond donors (Lipinski definition) is 0. The molecular formula is C12H14N2O4S. The fourth-order valence-electron chi connectivity index (χ4n) is 1.68. The molecule has 0 radical (unpaired) electrons. The van der Waals surface area contributed by atoms with Crippen LogP contribution < -0.4 is 5.56 Å². The number of nitrogens with zero attached hydrogens (tertiary/aromatic N) is 2. The monoisotopic (exact) mass is 282 g/mol. The largest absolute Gasteiger partial charge is 0.462 e. The molecule has 102 valence electrons. The van der Waals surface area contributed by atoms with Crippen molar-refractivity contribution >= 4 is 27.5 Å². The van der Waals surface area contributed by atoms with Crippen LogP contribution in [0, 0.1) is 0 Å². The Balaban J connectivity index is 2.50. The second-order valence-electron chi connectivity index (χ2n) is 3.79. The molecule has 0 saturated carbocycles. The van der Waals surface area contributed by atoms with Gasteiger partial charge in [0.05, 0.1) is 37.0 Å². The van der Waals surface area contributed by atoms with Crippen LogP contribution in [0.2, 0.25) is 0 Å². The highest BCUT2D eigenvalue weighted by Gasteiger charge is 2.18. The summed E-state index contributed by atoms with van der Waals surface area (Å²) in [6.45, 7) is 2.80. The Labute approximate surface area is 113 Å². The molecule has 0 saturated heterocycles. The summed E-state index contributed by atoms with van der Waals surface area (Å²) in [5.41, 5.74) is 0.0393. The number of hydrogen-bond acceptors (Lipinski definition) is 6. The maximum absolute atomic E-state index is 12.3. The van der Waals surface area contributed by atoms with E-state index in [0.29, 0.717) is 23.4 Å². The minimum absolute atomic E-state index is 0.244. The van der Waals surface area contributed by atoms with Crippen LogP contribution in [0.4, 0.5) is 0 Å². The second kappa shape index (κ2) is 5.94. The summed E-state index contributed by atoms with van der Waals surface area (Å²) in [4.78, 5) is 28.8. The van der Waals surface area contributed by atoms with Crippen molar-refractivity contribution < 1.29 is 14.3 Å². The minimum Gasteiger partial charge on any atom is -0.462 e. The number of fused-ring (bicyclic) bond motifs is 1. The van der Waals surface area contributed by atoms with Gasteiger partial charge in [0.15, 0.2) is 0 Å². The molecule has 0 fully saturated rings. The summed E-state index contributed by atoms with van der Waals surface area (Å²) < 4.78 is 11.3. The van der Waals surface area contributed by atoms with Crippen LogP contribution in [0.3, 0.4) is 0 Å². The zero-order valence-electron chi connectivity index (χ0n) is 10.7. The van der Waals surface area contributed by atoms with Gasteiger partial charge in [0.25, 0.3) is 5.56 Å². The molecule has 0 unspecified atom stereocenters. The average molecular weight is 282 g/mol. The van der Waals surface area contributed by atoms with E-state index >= 15 is 0 Å². The highest BCUT2D eigenvalue weighted by Crippen LogP contribution is 2.21. The van der Waals surface area contributed by atoms with Crippen molar-refractivity contribution in [1.82, 2.24) is 9.55 Å². The molecule has 2 rings (SSSR count). The molecule has 7 heteroatoms. The molecule has 19 heavy (non-hydrogen) atoms. The topological polar surface area (TPSA) is 70.4 Å². The van der Waals surface area contributed by atoms with Gasteiger partial charge < -0.3 is 9.47 Å². The van der Waals surface area contributed by atoms with Crippen molar-refractivity contribution in [3.05, 3.63) is 27.6 Å². The van der Waals surface area contributed by atoms with Crippen LogP contribution in [-0.4, -0.2) is 35.8 Å². The predicted octanol–water partition coefficient (Wildman–Crippen LogP) is 1.28. The lowest BCUT2D eigenvalue weighted by molar-refractivity contribution is 0.0529. The van der Waals surface area contributed by atoms with Crippen LogP contribution in [0.25, 0.3) is 10.2 Å². The van der Waals surface area contributed by atoms with E-state index in [1.54, 1.807) is 19.4 Å². The summed E-state index contributed by atoms with van der Waals surface area (Å²) in [6.07, 6.45) is 1.47. The first-order chi connectivity index (χ1) is 9.19. The van der Waals surface area contributed by atoms with Gasteiger partial charge in [-0.05, 0) is 6.92 Å². The molecule has 2 aromatic heterocycles. The molecule has 0 atom stereocenters. The summed E-state index contributed by atoms with van der Waals surface area (Å²) in [5, 5.41) is 1.93. The van der Waals surface area contributed by atoms with E-state index in [2.05, 4.69) is 4.98 Å². The van der Waals surface area contributed by atoms with Crippen LogP contribution in [-0.2, 0) is 16.0 Å². The Morgan fingerprint density at radius 3 is 3.00 bits per heavy atom. The Morgan fingerprint density at radius 2 is 2.32 bits per heavy atom. The fourth-order valence-corrected chi connectivity index (χ4v) is 2.54. The van der Waals surface area contributed by atoms with Crippen molar-refractivity contribution in [3.63, 3.8) is 0 Å². The van der Waals surface area contributed by atoms with E-state index in [0.717, 1.165) is 0 Å². The molecule has 0 amide bonds. The minimum atomic E-state index is -0.489. The van der Waals surface area contributed by atoms with Crippen molar-refractivity contribution in [2.24, 2.45) is 0 Å². The molecule has 0 aliphatic heterocycles. The molecule has 0 aliphatic rings. The smallest absolute Gasteiger partial charge is 0.339 e. The maximum atomic E-state index is 12.3. The Kier molecular flexibility index (Phi) is 4.28. The van der Waals surface area contributed by atoms with Crippen LogP contribution in [0.1, 0.15) is 17.3 Å². The number of aromatic nitrogens is 2. The van der Waals surface area contributed by atoms with E-state index in [-0.39, 0.29) is 17.7 Å². The van der Waals surface area contributed by atoms with Crippen molar-refractivity contribution in [3.8, 4) is 0 Å². The predicted molar refractivity (Wildman–Crippen MR) is 71.7 cm³/mol. The normalized spacial score (nSPS) is 10.8. The second-order valence-corrected chi connectivity index (χ2v) is 4.64. The summed E-state index contributed by atoms with van der Waals surface area (Å²) in [5.74, 6) is -0.489. The molecule has 6 nitrogen and oxygen atoms in total. The lowest BCUT2D eigenvalue weighted by Crippen LogP contribution is -2.23. The van der Waals surface area contributed by atoms with E-state index in [1.807, 2.05) is 0 Å². The molecule has 0 N–H and O–H groups in total. The SMILES string of the molecule is CCOC(=O)c1csc2ncn(CCOC)c(=O)c12. The van der Waals surface area contributed by atoms with E-state index in [9.17, 15) is 9.59 Å². The Bertz CT molecular complexity index is 647. The lowest BCUT2D eigenvalue weighted by atomic mass is 10.2. The standard InChI is InChI=1S/C12H14N2O4S/c1-3-18-12(16)8-6-19-10-9(8)11(15)14(7-13-10)4-5-17-2/h6-7H,3-5H2,1-2H3. The third kappa shape index (κ3) is 2.66. The third-order valence-electron chi connectivity index (χ3n) is 2.59. The number of methoxy groups -OCH3 is 1. The van der Waals surface area contributed by atoms with Gasteiger partial charge in [0.2, 0.25) is 0 Å². The highest BCUT2D eigenvalue weighted by atomic mass is 32.1. The number of ether oxygens (including phenoxy) is 2. The van der Waals surface area contributed by atoms with E-state index < -0.39 is 5.97 Å². The van der Waals surface area contributed by atoms with Crippen LogP contribution in [0.5, 0.6) is 0 Å². The maximum Gasteiger partial charge on any atom is 0.339 e.